The van der Waals surface area contributed by atoms with Gasteiger partial charge in [-0.15, -0.1) is 0 Å². The Morgan fingerprint density at radius 2 is 1.48 bits per heavy atom. The summed E-state index contributed by atoms with van der Waals surface area (Å²) in [6.45, 7) is 9.08. The molecule has 0 fully saturated rings. The second-order valence-corrected chi connectivity index (χ2v) is 9.78. The number of aliphatic imine (C=N–C) groups is 1. The first-order chi connectivity index (χ1) is 13.7. The molecule has 7 heteroatoms. The highest BCUT2D eigenvalue weighted by Crippen LogP contribution is 2.22. The van der Waals surface area contributed by atoms with Crippen LogP contribution in [-0.4, -0.2) is 48.7 Å². The molecular weight excluding hydrogens is 384 g/mol. The van der Waals surface area contributed by atoms with Crippen LogP contribution in [0.1, 0.15) is 44.4 Å². The maximum Gasteiger partial charge on any atom is 0.243 e. The number of rotatable bonds is 7. The molecule has 1 aliphatic rings. The monoisotopic (exact) mass is 414 g/mol. The predicted molar refractivity (Wildman–Crippen MR) is 117 cm³/mol. The third-order valence-corrected chi connectivity index (χ3v) is 7.28. The van der Waals surface area contributed by atoms with Crippen LogP contribution >= 0.6 is 0 Å². The van der Waals surface area contributed by atoms with Crippen LogP contribution in [0.5, 0.6) is 0 Å². The van der Waals surface area contributed by atoms with Crippen molar-refractivity contribution >= 4 is 15.9 Å². The topological polar surface area (TPSA) is 79.0 Å². The van der Waals surface area contributed by atoms with Gasteiger partial charge in [-0.25, -0.2) is 14.3 Å². The fourth-order valence-corrected chi connectivity index (χ4v) is 5.61. The molecule has 2 aromatic carbocycles. The maximum absolute atomic E-state index is 13.0. The van der Waals surface area contributed by atoms with E-state index < -0.39 is 10.0 Å². The van der Waals surface area contributed by atoms with Crippen molar-refractivity contribution < 1.29 is 8.42 Å². The highest BCUT2D eigenvalue weighted by Gasteiger charge is 2.29. The number of benzene rings is 2. The molecule has 0 radical (unpaired) electrons. The van der Waals surface area contributed by atoms with Crippen molar-refractivity contribution in [2.24, 2.45) is 10.8 Å². The van der Waals surface area contributed by atoms with E-state index in [1.807, 2.05) is 52.0 Å². The highest BCUT2D eigenvalue weighted by atomic mass is 32.2. The zero-order valence-electron chi connectivity index (χ0n) is 17.5. The van der Waals surface area contributed by atoms with E-state index in [2.05, 4.69) is 17.1 Å². The molecule has 0 saturated carbocycles. The molecule has 2 N–H and O–H groups in total. The normalized spacial score (nSPS) is 14.9. The van der Waals surface area contributed by atoms with Gasteiger partial charge in [0.15, 0.2) is 0 Å². The molecule has 0 bridgehead atoms. The van der Waals surface area contributed by atoms with Crippen molar-refractivity contribution in [3.8, 4) is 0 Å². The number of hydrogen-bond acceptors (Lipinski definition) is 5. The van der Waals surface area contributed by atoms with Crippen molar-refractivity contribution in [3.63, 3.8) is 0 Å². The lowest BCUT2D eigenvalue weighted by molar-refractivity contribution is 0.302. The minimum Gasteiger partial charge on any atom is -0.293 e. The van der Waals surface area contributed by atoms with Gasteiger partial charge in [0.25, 0.3) is 0 Å². The molecule has 1 heterocycles. The first-order valence-electron chi connectivity index (χ1n) is 9.98. The summed E-state index contributed by atoms with van der Waals surface area (Å²) in [5.74, 6) is 6.76. The summed E-state index contributed by atoms with van der Waals surface area (Å²) in [5, 5.41) is 1.67. The number of sulfonamides is 1. The van der Waals surface area contributed by atoms with Gasteiger partial charge in [0.05, 0.1) is 18.0 Å². The van der Waals surface area contributed by atoms with Crippen LogP contribution in [0.2, 0.25) is 0 Å². The number of nitrogens with zero attached hydrogens (tertiary/aromatic N) is 3. The fraction of sp³-hybridized carbons (Fsp3) is 0.409. The second-order valence-electron chi connectivity index (χ2n) is 7.94. The first kappa shape index (κ1) is 21.5. The van der Waals surface area contributed by atoms with E-state index in [1.54, 1.807) is 21.4 Å². The van der Waals surface area contributed by atoms with Gasteiger partial charge in [-0.1, -0.05) is 36.4 Å². The van der Waals surface area contributed by atoms with E-state index in [0.29, 0.717) is 4.90 Å². The third-order valence-electron chi connectivity index (χ3n) is 5.01. The standard InChI is InChI=1S/C22H30N4O2S/c1-16(2)26(17(3)4)29(27,28)21-11-7-19(8-12-21)15-18-5-9-20(10-6-18)22-24-13-14-25(22)23/h5-12,16-17H,13-15,23H2,1-4H3. The Balaban J connectivity index is 1.74. The smallest absolute Gasteiger partial charge is 0.243 e. The van der Waals surface area contributed by atoms with Gasteiger partial charge in [-0.05, 0) is 57.4 Å². The second kappa shape index (κ2) is 8.65. The van der Waals surface area contributed by atoms with Crippen LogP contribution in [0.4, 0.5) is 0 Å². The quantitative estimate of drug-likeness (QED) is 0.707. The number of amidine groups is 1. The van der Waals surface area contributed by atoms with Crippen molar-refractivity contribution in [2.75, 3.05) is 13.1 Å². The van der Waals surface area contributed by atoms with E-state index in [1.165, 1.54) is 0 Å². The molecule has 0 atom stereocenters. The molecule has 0 unspecified atom stereocenters. The summed E-state index contributed by atoms with van der Waals surface area (Å²) >= 11 is 0. The Kier molecular flexibility index (Phi) is 6.41. The molecule has 6 nitrogen and oxygen atoms in total. The average molecular weight is 415 g/mol. The number of hydrazine groups is 1. The van der Waals surface area contributed by atoms with Gasteiger partial charge in [-0.3, -0.25) is 10.0 Å². The molecule has 0 amide bonds. The molecule has 1 aliphatic heterocycles. The number of nitrogens with two attached hydrogens (primary N) is 1. The summed E-state index contributed by atoms with van der Waals surface area (Å²) in [6, 6.07) is 15.2. The van der Waals surface area contributed by atoms with Crippen molar-refractivity contribution in [1.29, 1.82) is 0 Å². The molecule has 0 aromatic heterocycles. The van der Waals surface area contributed by atoms with Crippen LogP contribution in [0.3, 0.4) is 0 Å². The average Bonchev–Trinajstić information content (AvgIpc) is 3.08. The minimum absolute atomic E-state index is 0.0906. The van der Waals surface area contributed by atoms with Gasteiger partial charge in [0.1, 0.15) is 5.84 Å². The Labute approximate surface area is 174 Å². The lowest BCUT2D eigenvalue weighted by Gasteiger charge is -2.29. The fourth-order valence-electron chi connectivity index (χ4n) is 3.78. The molecule has 2 aromatic rings. The van der Waals surface area contributed by atoms with E-state index in [-0.39, 0.29) is 12.1 Å². The Morgan fingerprint density at radius 1 is 0.966 bits per heavy atom. The largest absolute Gasteiger partial charge is 0.293 e. The molecule has 3 rings (SSSR count). The van der Waals surface area contributed by atoms with Crippen LogP contribution in [0, 0.1) is 0 Å². The van der Waals surface area contributed by atoms with Gasteiger partial charge in [-0.2, -0.15) is 4.31 Å². The third kappa shape index (κ3) is 4.69. The van der Waals surface area contributed by atoms with Gasteiger partial charge in [0, 0.05) is 17.6 Å². The summed E-state index contributed by atoms with van der Waals surface area (Å²) < 4.78 is 27.5. The molecule has 0 spiro atoms. The Bertz CT molecular complexity index is 957. The van der Waals surface area contributed by atoms with Crippen molar-refractivity contribution in [1.82, 2.24) is 9.31 Å². The van der Waals surface area contributed by atoms with E-state index in [9.17, 15) is 8.42 Å². The van der Waals surface area contributed by atoms with Crippen LogP contribution in [0.25, 0.3) is 0 Å². The predicted octanol–water partition coefficient (Wildman–Crippen LogP) is 3.02. The molecule has 0 saturated heterocycles. The van der Waals surface area contributed by atoms with E-state index >= 15 is 0 Å². The summed E-state index contributed by atoms with van der Waals surface area (Å²) in [5.41, 5.74) is 3.23. The van der Waals surface area contributed by atoms with Gasteiger partial charge < -0.3 is 0 Å². The van der Waals surface area contributed by atoms with Crippen LogP contribution in [0.15, 0.2) is 58.4 Å². The van der Waals surface area contributed by atoms with E-state index in [0.717, 1.165) is 42.0 Å². The summed E-state index contributed by atoms with van der Waals surface area (Å²) in [6.07, 6.45) is 0.734. The van der Waals surface area contributed by atoms with Gasteiger partial charge >= 0.3 is 0 Å². The Hall–Kier alpha value is -2.22. The van der Waals surface area contributed by atoms with Gasteiger partial charge in [0.2, 0.25) is 10.0 Å². The highest BCUT2D eigenvalue weighted by molar-refractivity contribution is 7.89. The summed E-state index contributed by atoms with van der Waals surface area (Å²) in [4.78, 5) is 4.76. The summed E-state index contributed by atoms with van der Waals surface area (Å²) in [7, 11) is -3.51. The molecule has 156 valence electrons. The maximum atomic E-state index is 13.0. The SMILES string of the molecule is CC(C)N(C(C)C)S(=O)(=O)c1ccc(Cc2ccc(C3=NCCN3N)cc2)cc1. The zero-order chi connectivity index (χ0) is 21.2. The zero-order valence-corrected chi connectivity index (χ0v) is 18.4. The first-order valence-corrected chi connectivity index (χ1v) is 11.4. The lowest BCUT2D eigenvalue weighted by atomic mass is 10.0. The number of hydrogen-bond donors (Lipinski definition) is 1. The minimum atomic E-state index is -3.51. The van der Waals surface area contributed by atoms with Crippen LogP contribution in [-0.2, 0) is 16.4 Å². The van der Waals surface area contributed by atoms with Crippen molar-refractivity contribution in [3.05, 3.63) is 65.2 Å². The Morgan fingerprint density at radius 3 is 1.93 bits per heavy atom. The molecule has 29 heavy (non-hydrogen) atoms. The molecular formula is C22H30N4O2S. The van der Waals surface area contributed by atoms with E-state index in [4.69, 9.17) is 5.84 Å². The van der Waals surface area contributed by atoms with Crippen LogP contribution < -0.4 is 5.84 Å². The lowest BCUT2D eigenvalue weighted by Crippen LogP contribution is -2.41. The molecule has 0 aliphatic carbocycles. The van der Waals surface area contributed by atoms with Crippen molar-refractivity contribution in [2.45, 2.75) is 51.1 Å².